The molecule has 14 heteroatoms. The second-order valence-corrected chi connectivity index (χ2v) is 23.6. The Bertz CT molecular complexity index is 1540. The van der Waals surface area contributed by atoms with Crippen molar-refractivity contribution < 1.29 is 64.6 Å². The fourth-order valence-corrected chi connectivity index (χ4v) is 10.9. The summed E-state index contributed by atoms with van der Waals surface area (Å²) in [6, 6.07) is -0.932. The van der Waals surface area contributed by atoms with E-state index in [1.165, 1.54) is 205 Å². The SMILES string of the molecule is CCCCCCC/C=C\C/C=C\CCCCCCCCCCCCCCCCCC(=O)NC(COC1OC(CO)C(OC2OC(CO)C(O)C(O)C2O)C(O)C1O)C(O)/C=C/CC/C=C/CCCCCCCCCCCCCCCC. The van der Waals surface area contributed by atoms with Gasteiger partial charge in [0.15, 0.2) is 12.6 Å². The topological polar surface area (TPSA) is 228 Å². The van der Waals surface area contributed by atoms with Crippen molar-refractivity contribution >= 4 is 5.91 Å². The van der Waals surface area contributed by atoms with Gasteiger partial charge < -0.3 is 65.1 Å². The van der Waals surface area contributed by atoms with Crippen LogP contribution in [0.25, 0.3) is 0 Å². The van der Waals surface area contributed by atoms with E-state index in [9.17, 15) is 45.6 Å². The van der Waals surface area contributed by atoms with Crippen LogP contribution in [0.5, 0.6) is 0 Å². The minimum absolute atomic E-state index is 0.247. The average Bonchev–Trinajstić information content (AvgIpc) is 3.62. The number of aliphatic hydroxyl groups is 8. The zero-order valence-corrected chi connectivity index (χ0v) is 51.3. The predicted octanol–water partition coefficient (Wildman–Crippen LogP) is 12.7. The Morgan fingerprint density at radius 2 is 0.827 bits per heavy atom. The van der Waals surface area contributed by atoms with Gasteiger partial charge in [0.1, 0.15) is 48.8 Å². The summed E-state index contributed by atoms with van der Waals surface area (Å²) in [5.41, 5.74) is 0. The maximum Gasteiger partial charge on any atom is 0.220 e. The molecule has 0 aromatic heterocycles. The molecular formula is C67H123NO13. The molecule has 12 unspecified atom stereocenters. The van der Waals surface area contributed by atoms with E-state index in [2.05, 4.69) is 55.6 Å². The summed E-state index contributed by atoms with van der Waals surface area (Å²) in [4.78, 5) is 13.3. The number of carbonyl (C=O) groups is 1. The van der Waals surface area contributed by atoms with E-state index in [-0.39, 0.29) is 18.9 Å². The Labute approximate surface area is 493 Å². The van der Waals surface area contributed by atoms with Gasteiger partial charge in [-0.15, -0.1) is 0 Å². The fourth-order valence-electron chi connectivity index (χ4n) is 10.9. The highest BCUT2D eigenvalue weighted by Crippen LogP contribution is 2.30. The minimum Gasteiger partial charge on any atom is -0.394 e. The second kappa shape index (κ2) is 52.3. The molecule has 9 N–H and O–H groups in total. The van der Waals surface area contributed by atoms with Crippen molar-refractivity contribution in [1.82, 2.24) is 5.32 Å². The molecule has 2 aliphatic rings. The van der Waals surface area contributed by atoms with Crippen LogP contribution in [0, 0.1) is 0 Å². The second-order valence-electron chi connectivity index (χ2n) is 23.6. The summed E-state index contributed by atoms with van der Waals surface area (Å²) in [6.45, 7) is 2.80. The highest BCUT2D eigenvalue weighted by Gasteiger charge is 2.51. The van der Waals surface area contributed by atoms with Crippen LogP contribution in [0.1, 0.15) is 277 Å². The number of hydrogen-bond acceptors (Lipinski definition) is 13. The van der Waals surface area contributed by atoms with Gasteiger partial charge in [-0.25, -0.2) is 0 Å². The molecule has 2 aliphatic heterocycles. The van der Waals surface area contributed by atoms with Gasteiger partial charge >= 0.3 is 0 Å². The van der Waals surface area contributed by atoms with Gasteiger partial charge in [0.25, 0.3) is 0 Å². The monoisotopic (exact) mass is 1150 g/mol. The van der Waals surface area contributed by atoms with Crippen molar-refractivity contribution in [1.29, 1.82) is 0 Å². The molecule has 2 heterocycles. The van der Waals surface area contributed by atoms with E-state index in [0.717, 1.165) is 38.5 Å². The molecule has 2 saturated heterocycles. The van der Waals surface area contributed by atoms with Crippen LogP contribution in [0.3, 0.4) is 0 Å². The zero-order valence-electron chi connectivity index (χ0n) is 51.3. The smallest absolute Gasteiger partial charge is 0.220 e. The summed E-state index contributed by atoms with van der Waals surface area (Å²) < 4.78 is 22.8. The predicted molar refractivity (Wildman–Crippen MR) is 327 cm³/mol. The molecule has 0 bridgehead atoms. The molecular weight excluding hydrogens is 1030 g/mol. The van der Waals surface area contributed by atoms with E-state index in [0.29, 0.717) is 12.8 Å². The number of allylic oxidation sites excluding steroid dienone is 7. The molecule has 0 saturated carbocycles. The van der Waals surface area contributed by atoms with Crippen LogP contribution in [-0.2, 0) is 23.7 Å². The van der Waals surface area contributed by atoms with E-state index < -0.39 is 86.8 Å². The van der Waals surface area contributed by atoms with Crippen molar-refractivity contribution in [3.8, 4) is 0 Å². The number of hydrogen-bond donors (Lipinski definition) is 9. The van der Waals surface area contributed by atoms with Gasteiger partial charge in [-0.2, -0.15) is 0 Å². The van der Waals surface area contributed by atoms with E-state index in [4.69, 9.17) is 18.9 Å². The Morgan fingerprint density at radius 1 is 0.444 bits per heavy atom. The molecule has 0 aromatic carbocycles. The van der Waals surface area contributed by atoms with Crippen LogP contribution < -0.4 is 5.32 Å². The first-order chi connectivity index (χ1) is 39.6. The highest BCUT2D eigenvalue weighted by atomic mass is 16.7. The Balaban J connectivity index is 1.71. The van der Waals surface area contributed by atoms with Gasteiger partial charge in [-0.05, 0) is 64.2 Å². The van der Waals surface area contributed by atoms with Gasteiger partial charge in [0, 0.05) is 6.42 Å². The van der Waals surface area contributed by atoms with Crippen LogP contribution in [0.2, 0.25) is 0 Å². The van der Waals surface area contributed by atoms with Crippen LogP contribution in [-0.4, -0.2) is 140 Å². The van der Waals surface area contributed by atoms with Crippen molar-refractivity contribution in [2.45, 2.75) is 351 Å². The zero-order chi connectivity index (χ0) is 58.8. The lowest BCUT2D eigenvalue weighted by Crippen LogP contribution is -2.65. The molecule has 81 heavy (non-hydrogen) atoms. The maximum absolute atomic E-state index is 13.3. The molecule has 14 nitrogen and oxygen atoms in total. The normalized spacial score (nSPS) is 24.4. The fraction of sp³-hybridized carbons (Fsp3) is 0.866. The third-order valence-electron chi connectivity index (χ3n) is 16.2. The van der Waals surface area contributed by atoms with Crippen LogP contribution in [0.4, 0.5) is 0 Å². The molecule has 2 fully saturated rings. The molecule has 0 radical (unpaired) electrons. The Morgan fingerprint density at radius 3 is 1.28 bits per heavy atom. The van der Waals surface area contributed by atoms with Gasteiger partial charge in [0.05, 0.1) is 32.0 Å². The Kier molecular flexibility index (Phi) is 48.5. The Hall–Kier alpha value is -2.05. The number of carbonyl (C=O) groups excluding carboxylic acids is 1. The number of unbranched alkanes of at least 4 members (excludes halogenated alkanes) is 35. The van der Waals surface area contributed by atoms with Crippen LogP contribution in [0.15, 0.2) is 48.6 Å². The van der Waals surface area contributed by atoms with Crippen molar-refractivity contribution in [3.63, 3.8) is 0 Å². The van der Waals surface area contributed by atoms with Gasteiger partial charge in [0.2, 0.25) is 5.91 Å². The molecule has 0 aliphatic carbocycles. The number of rotatable bonds is 54. The first kappa shape index (κ1) is 75.0. The molecule has 474 valence electrons. The number of nitrogens with one attached hydrogen (secondary N) is 1. The average molecular weight is 1150 g/mol. The summed E-state index contributed by atoms with van der Waals surface area (Å²) >= 11 is 0. The van der Waals surface area contributed by atoms with Gasteiger partial charge in [-0.3, -0.25) is 4.79 Å². The molecule has 12 atom stereocenters. The molecule has 0 aromatic rings. The lowest BCUT2D eigenvalue weighted by Gasteiger charge is -2.46. The molecule has 1 amide bonds. The number of ether oxygens (including phenoxy) is 4. The third-order valence-corrected chi connectivity index (χ3v) is 16.2. The van der Waals surface area contributed by atoms with Crippen molar-refractivity contribution in [2.24, 2.45) is 0 Å². The lowest BCUT2D eigenvalue weighted by molar-refractivity contribution is -0.359. The summed E-state index contributed by atoms with van der Waals surface area (Å²) in [5, 5.41) is 87.3. The number of amides is 1. The maximum atomic E-state index is 13.3. The third kappa shape index (κ3) is 37.2. The van der Waals surface area contributed by atoms with Gasteiger partial charge in [-0.1, -0.05) is 255 Å². The van der Waals surface area contributed by atoms with Crippen molar-refractivity contribution in [3.05, 3.63) is 48.6 Å². The van der Waals surface area contributed by atoms with Crippen molar-refractivity contribution in [2.75, 3.05) is 19.8 Å². The molecule has 0 spiro atoms. The highest BCUT2D eigenvalue weighted by molar-refractivity contribution is 5.76. The first-order valence-corrected chi connectivity index (χ1v) is 33.4. The molecule has 2 rings (SSSR count). The summed E-state index contributed by atoms with van der Waals surface area (Å²) in [5.74, 6) is -0.247. The van der Waals surface area contributed by atoms with Crippen LogP contribution >= 0.6 is 0 Å². The van der Waals surface area contributed by atoms with E-state index in [1.807, 2.05) is 6.08 Å². The standard InChI is InChI=1S/C67H123NO13/c1-3-5-7-9-11-13-15-17-19-21-23-25-26-27-28-29-30-31-33-35-37-39-41-43-45-47-49-51-59(72)68-55(56(71)50-48-46-44-42-40-38-36-34-32-24-22-20-18-16-14-12-10-8-6-4-2)54-78-66-64(77)62(75)65(58(53-70)80-66)81-67-63(76)61(74)60(73)57(52-69)79-67/h15,17,21,23,40,42,48,50,55-58,60-67,69-71,73-77H,3-14,16,18-20,22,24-39,41,43-47,49,51-54H2,1-2H3,(H,68,72)/b17-15-,23-21-,42-40+,50-48+. The largest absolute Gasteiger partial charge is 0.394 e. The van der Waals surface area contributed by atoms with E-state index >= 15 is 0 Å². The van der Waals surface area contributed by atoms with E-state index in [1.54, 1.807) is 6.08 Å². The summed E-state index contributed by atoms with van der Waals surface area (Å²) in [7, 11) is 0. The quantitative estimate of drug-likeness (QED) is 0.0204. The lowest BCUT2D eigenvalue weighted by atomic mass is 9.97. The summed E-state index contributed by atoms with van der Waals surface area (Å²) in [6.07, 6.45) is 50.1. The first-order valence-electron chi connectivity index (χ1n) is 33.4. The minimum atomic E-state index is -1.79. The number of aliphatic hydroxyl groups excluding tert-OH is 8.